The summed E-state index contributed by atoms with van der Waals surface area (Å²) in [4.78, 5) is 6.32. The smallest absolute Gasteiger partial charge is 0.279 e. The number of aromatic amines is 1. The second-order valence-electron chi connectivity index (χ2n) is 3.54. The zero-order chi connectivity index (χ0) is 13.3. The van der Waals surface area contributed by atoms with Crippen LogP contribution >= 0.6 is 11.6 Å². The Kier molecular flexibility index (Phi) is 3.27. The van der Waals surface area contributed by atoms with Gasteiger partial charge in [-0.25, -0.2) is 9.37 Å². The Labute approximate surface area is 108 Å². The summed E-state index contributed by atoms with van der Waals surface area (Å²) < 4.78 is 39.4. The number of nitrogens with zero attached hydrogens (tertiary/aromatic N) is 1. The fourth-order valence-electron chi connectivity index (χ4n) is 1.32. The number of sulfonamides is 1. The summed E-state index contributed by atoms with van der Waals surface area (Å²) in [6, 6.07) is 3.89. The van der Waals surface area contributed by atoms with Crippen molar-refractivity contribution < 1.29 is 12.8 Å². The highest BCUT2D eigenvalue weighted by Crippen LogP contribution is 2.26. The fraction of sp³-hybridized carbons (Fsp3) is 0.100. The number of benzene rings is 1. The van der Waals surface area contributed by atoms with Crippen LogP contribution in [0.1, 0.15) is 5.82 Å². The van der Waals surface area contributed by atoms with Gasteiger partial charge in [-0.3, -0.25) is 4.72 Å². The second kappa shape index (κ2) is 4.58. The molecule has 5 nitrogen and oxygen atoms in total. The molecule has 0 unspecified atom stereocenters. The van der Waals surface area contributed by atoms with Crippen molar-refractivity contribution in [3.05, 3.63) is 41.1 Å². The molecule has 0 spiro atoms. The Balaban J connectivity index is 2.40. The van der Waals surface area contributed by atoms with E-state index in [0.717, 1.165) is 12.3 Å². The van der Waals surface area contributed by atoms with E-state index in [0.29, 0.717) is 5.82 Å². The maximum atomic E-state index is 13.5. The predicted molar refractivity (Wildman–Crippen MR) is 65.5 cm³/mol. The minimum Gasteiger partial charge on any atom is -0.332 e. The quantitative estimate of drug-likeness (QED) is 0.910. The molecule has 0 atom stereocenters. The Morgan fingerprint density at radius 1 is 1.44 bits per heavy atom. The van der Waals surface area contributed by atoms with Crippen LogP contribution in [0.3, 0.4) is 0 Å². The van der Waals surface area contributed by atoms with Gasteiger partial charge in [-0.15, -0.1) is 0 Å². The van der Waals surface area contributed by atoms with Gasteiger partial charge >= 0.3 is 0 Å². The van der Waals surface area contributed by atoms with E-state index in [-0.39, 0.29) is 15.7 Å². The molecule has 0 aliphatic rings. The molecule has 2 rings (SSSR count). The minimum absolute atomic E-state index is 0.0187. The normalized spacial score (nSPS) is 11.5. The van der Waals surface area contributed by atoms with Crippen molar-refractivity contribution in [3.8, 4) is 0 Å². The van der Waals surface area contributed by atoms with Crippen molar-refractivity contribution >= 4 is 27.3 Å². The number of para-hydroxylation sites is 1. The van der Waals surface area contributed by atoms with E-state index in [1.54, 1.807) is 6.92 Å². The first kappa shape index (κ1) is 12.8. The van der Waals surface area contributed by atoms with E-state index in [2.05, 4.69) is 14.7 Å². The molecular weight excluding hydrogens is 281 g/mol. The summed E-state index contributed by atoms with van der Waals surface area (Å²) in [6.07, 6.45) is 1.15. The van der Waals surface area contributed by atoms with E-state index in [1.807, 2.05) is 0 Å². The topological polar surface area (TPSA) is 74.8 Å². The third-order valence-corrected chi connectivity index (χ3v) is 3.74. The third kappa shape index (κ3) is 2.46. The van der Waals surface area contributed by atoms with Gasteiger partial charge in [0.15, 0.2) is 5.03 Å². The Morgan fingerprint density at radius 2 is 2.17 bits per heavy atom. The third-order valence-electron chi connectivity index (χ3n) is 2.17. The van der Waals surface area contributed by atoms with Gasteiger partial charge < -0.3 is 4.98 Å². The fourth-order valence-corrected chi connectivity index (χ4v) is 2.65. The molecule has 2 aromatic rings. The van der Waals surface area contributed by atoms with Crippen molar-refractivity contribution in [1.29, 1.82) is 0 Å². The van der Waals surface area contributed by atoms with Gasteiger partial charge in [-0.1, -0.05) is 17.7 Å². The lowest BCUT2D eigenvalue weighted by atomic mass is 10.3. The summed E-state index contributed by atoms with van der Waals surface area (Å²) in [6.45, 7) is 1.61. The van der Waals surface area contributed by atoms with E-state index in [9.17, 15) is 12.8 Å². The number of rotatable bonds is 3. The molecule has 8 heteroatoms. The molecular formula is C10H9ClFN3O2S. The number of anilines is 1. The molecule has 0 saturated carbocycles. The second-order valence-corrected chi connectivity index (χ2v) is 5.59. The SMILES string of the molecule is Cc1ncc(S(=O)(=O)Nc2c(F)cccc2Cl)[nH]1. The van der Waals surface area contributed by atoms with E-state index >= 15 is 0 Å². The van der Waals surface area contributed by atoms with Crippen molar-refractivity contribution in [3.63, 3.8) is 0 Å². The average Bonchev–Trinajstić information content (AvgIpc) is 2.71. The first-order valence-electron chi connectivity index (χ1n) is 4.88. The molecule has 0 aliphatic heterocycles. The molecule has 1 heterocycles. The molecule has 0 fully saturated rings. The summed E-state index contributed by atoms with van der Waals surface area (Å²) >= 11 is 5.74. The number of aryl methyl sites for hydroxylation is 1. The number of nitrogens with one attached hydrogen (secondary N) is 2. The monoisotopic (exact) mass is 289 g/mol. The number of hydrogen-bond acceptors (Lipinski definition) is 3. The van der Waals surface area contributed by atoms with Crippen LogP contribution in [-0.4, -0.2) is 18.4 Å². The minimum atomic E-state index is -3.93. The molecule has 0 saturated heterocycles. The molecule has 0 amide bonds. The highest BCUT2D eigenvalue weighted by atomic mass is 35.5. The predicted octanol–water partition coefficient (Wildman–Crippen LogP) is 2.31. The van der Waals surface area contributed by atoms with Crippen LogP contribution in [-0.2, 0) is 10.0 Å². The zero-order valence-electron chi connectivity index (χ0n) is 9.24. The van der Waals surface area contributed by atoms with Crippen LogP contribution in [0.25, 0.3) is 0 Å². The first-order valence-corrected chi connectivity index (χ1v) is 6.75. The lowest BCUT2D eigenvalue weighted by Gasteiger charge is -2.08. The summed E-state index contributed by atoms with van der Waals surface area (Å²) in [5.41, 5.74) is -0.286. The Bertz CT molecular complexity index is 664. The molecule has 0 bridgehead atoms. The van der Waals surface area contributed by atoms with Crippen molar-refractivity contribution in [1.82, 2.24) is 9.97 Å². The average molecular weight is 290 g/mol. The first-order chi connectivity index (χ1) is 8.40. The summed E-state index contributed by atoms with van der Waals surface area (Å²) in [5, 5.41) is -0.172. The highest BCUT2D eigenvalue weighted by molar-refractivity contribution is 7.92. The lowest BCUT2D eigenvalue weighted by Crippen LogP contribution is -2.14. The van der Waals surface area contributed by atoms with Crippen molar-refractivity contribution in [2.45, 2.75) is 11.9 Å². The molecule has 0 aliphatic carbocycles. The number of imidazole rings is 1. The molecule has 1 aromatic heterocycles. The molecule has 18 heavy (non-hydrogen) atoms. The Hall–Kier alpha value is -1.60. The van der Waals surface area contributed by atoms with Crippen LogP contribution in [0.2, 0.25) is 5.02 Å². The standard InChI is InChI=1S/C10H9ClFN3O2S/c1-6-13-5-9(14-6)18(16,17)15-10-7(11)3-2-4-8(10)12/h2-5,15H,1H3,(H,13,14). The van der Waals surface area contributed by atoms with Gasteiger partial charge in [0.25, 0.3) is 10.0 Å². The summed E-state index contributed by atoms with van der Waals surface area (Å²) in [7, 11) is -3.93. The van der Waals surface area contributed by atoms with Crippen LogP contribution < -0.4 is 4.72 Å². The molecule has 96 valence electrons. The number of aromatic nitrogens is 2. The number of halogens is 2. The molecule has 2 N–H and O–H groups in total. The van der Waals surface area contributed by atoms with Gasteiger partial charge in [0, 0.05) is 0 Å². The maximum absolute atomic E-state index is 13.5. The number of H-pyrrole nitrogens is 1. The van der Waals surface area contributed by atoms with Crippen LogP contribution in [0.15, 0.2) is 29.4 Å². The largest absolute Gasteiger partial charge is 0.332 e. The molecule has 0 radical (unpaired) electrons. The Morgan fingerprint density at radius 3 is 2.72 bits per heavy atom. The molecule has 1 aromatic carbocycles. The van der Waals surface area contributed by atoms with Gasteiger partial charge in [0.1, 0.15) is 17.3 Å². The van der Waals surface area contributed by atoms with Crippen molar-refractivity contribution in [2.24, 2.45) is 0 Å². The van der Waals surface area contributed by atoms with E-state index in [4.69, 9.17) is 11.6 Å². The van der Waals surface area contributed by atoms with Gasteiger partial charge in [-0.05, 0) is 19.1 Å². The zero-order valence-corrected chi connectivity index (χ0v) is 10.8. The van der Waals surface area contributed by atoms with Crippen LogP contribution in [0, 0.1) is 12.7 Å². The van der Waals surface area contributed by atoms with E-state index < -0.39 is 15.8 Å². The van der Waals surface area contributed by atoms with E-state index in [1.165, 1.54) is 12.1 Å². The van der Waals surface area contributed by atoms with Crippen molar-refractivity contribution in [2.75, 3.05) is 4.72 Å². The lowest BCUT2D eigenvalue weighted by molar-refractivity contribution is 0.595. The van der Waals surface area contributed by atoms with Crippen LogP contribution in [0.4, 0.5) is 10.1 Å². The van der Waals surface area contributed by atoms with Crippen LogP contribution in [0.5, 0.6) is 0 Å². The van der Waals surface area contributed by atoms with Gasteiger partial charge in [0.2, 0.25) is 0 Å². The van der Waals surface area contributed by atoms with Gasteiger partial charge in [0.05, 0.1) is 11.2 Å². The summed E-state index contributed by atoms with van der Waals surface area (Å²) in [5.74, 6) is -0.308. The maximum Gasteiger partial charge on any atom is 0.279 e. The van der Waals surface area contributed by atoms with Gasteiger partial charge in [-0.2, -0.15) is 8.42 Å². The number of hydrogen-bond donors (Lipinski definition) is 2. The highest BCUT2D eigenvalue weighted by Gasteiger charge is 2.20.